The molecule has 0 radical (unpaired) electrons. The van der Waals surface area contributed by atoms with Crippen molar-refractivity contribution in [3.63, 3.8) is 0 Å². The molecule has 0 aromatic rings. The van der Waals surface area contributed by atoms with Crippen molar-refractivity contribution >= 4 is 5.97 Å². The van der Waals surface area contributed by atoms with E-state index < -0.39 is 0 Å². The summed E-state index contributed by atoms with van der Waals surface area (Å²) in [7, 11) is 0. The second kappa shape index (κ2) is 5.24. The Labute approximate surface area is 152 Å². The van der Waals surface area contributed by atoms with Crippen LogP contribution in [0.3, 0.4) is 0 Å². The summed E-state index contributed by atoms with van der Waals surface area (Å²) in [5.41, 5.74) is 0.413. The molecule has 4 aliphatic carbocycles. The van der Waals surface area contributed by atoms with Crippen molar-refractivity contribution in [3.05, 3.63) is 0 Å². The SMILES string of the molecule is CC(=O)O[C@H]1C[C@@H](C(C)C)[C@@H]2[C@H]3[C@H](O)[C@]4(C)C[C@@H]4C[C@]3(C)CC[C@]21C. The lowest BCUT2D eigenvalue weighted by Crippen LogP contribution is -2.57. The highest BCUT2D eigenvalue weighted by molar-refractivity contribution is 5.66. The third kappa shape index (κ3) is 2.30. The molecule has 142 valence electrons. The highest BCUT2D eigenvalue weighted by Gasteiger charge is 2.72. The van der Waals surface area contributed by atoms with Crippen LogP contribution in [0.4, 0.5) is 0 Å². The molecule has 3 nitrogen and oxygen atoms in total. The van der Waals surface area contributed by atoms with E-state index in [9.17, 15) is 9.90 Å². The van der Waals surface area contributed by atoms with E-state index in [2.05, 4.69) is 34.6 Å². The van der Waals surface area contributed by atoms with E-state index in [1.54, 1.807) is 6.92 Å². The third-order valence-corrected chi connectivity index (χ3v) is 9.22. The number of esters is 1. The van der Waals surface area contributed by atoms with Crippen molar-refractivity contribution in [3.8, 4) is 0 Å². The summed E-state index contributed by atoms with van der Waals surface area (Å²) in [6.07, 6.45) is 5.56. The molecule has 9 atom stereocenters. The molecule has 0 aromatic heterocycles. The van der Waals surface area contributed by atoms with Gasteiger partial charge in [0.2, 0.25) is 0 Å². The number of ether oxygens (including phenoxy) is 1. The second-order valence-corrected chi connectivity index (χ2v) is 11.0. The molecular formula is C22H36O3. The van der Waals surface area contributed by atoms with E-state index in [0.29, 0.717) is 23.7 Å². The number of carbonyl (C=O) groups excluding carboxylic acids is 1. The molecule has 0 aliphatic heterocycles. The molecule has 4 aliphatic rings. The molecule has 0 heterocycles. The van der Waals surface area contributed by atoms with E-state index in [-0.39, 0.29) is 34.4 Å². The molecule has 4 rings (SSSR count). The summed E-state index contributed by atoms with van der Waals surface area (Å²) in [6.45, 7) is 13.3. The third-order valence-electron chi connectivity index (χ3n) is 9.22. The van der Waals surface area contributed by atoms with Crippen LogP contribution in [0.15, 0.2) is 0 Å². The Bertz CT molecular complexity index is 586. The standard InChI is InChI=1S/C22H36O3/c1-12(2)15-9-16(25-13(3)23)21(5)8-7-20(4)10-14-11-22(14,6)19(24)18(20)17(15)21/h12,14-19,24H,7-11H2,1-6H3/t14-,15-,16-,17+,18-,19-,20-,21-,22+/m0/s1. The largest absolute Gasteiger partial charge is 0.462 e. The Balaban J connectivity index is 1.75. The maximum Gasteiger partial charge on any atom is 0.302 e. The van der Waals surface area contributed by atoms with Crippen molar-refractivity contribution in [2.24, 2.45) is 45.8 Å². The van der Waals surface area contributed by atoms with Gasteiger partial charge in [-0.1, -0.05) is 34.6 Å². The van der Waals surface area contributed by atoms with Crippen LogP contribution in [-0.2, 0) is 9.53 Å². The zero-order chi connectivity index (χ0) is 18.4. The molecule has 0 aromatic carbocycles. The van der Waals surface area contributed by atoms with Crippen LogP contribution < -0.4 is 0 Å². The minimum absolute atomic E-state index is 0.0175. The number of aliphatic hydroxyl groups excluding tert-OH is 1. The Kier molecular flexibility index (Phi) is 3.74. The molecule has 25 heavy (non-hydrogen) atoms. The first-order valence-electron chi connectivity index (χ1n) is 10.4. The first-order valence-corrected chi connectivity index (χ1v) is 10.4. The Morgan fingerprint density at radius 1 is 1.08 bits per heavy atom. The average Bonchev–Trinajstić information content (AvgIpc) is 3.07. The van der Waals surface area contributed by atoms with Crippen LogP contribution in [0.25, 0.3) is 0 Å². The van der Waals surface area contributed by atoms with Crippen LogP contribution in [0.1, 0.15) is 73.6 Å². The van der Waals surface area contributed by atoms with Crippen LogP contribution in [-0.4, -0.2) is 23.3 Å². The van der Waals surface area contributed by atoms with Gasteiger partial charge in [0.15, 0.2) is 0 Å². The zero-order valence-electron chi connectivity index (χ0n) is 16.8. The van der Waals surface area contributed by atoms with Gasteiger partial charge in [0.1, 0.15) is 6.10 Å². The van der Waals surface area contributed by atoms with Gasteiger partial charge in [-0.05, 0) is 72.5 Å². The fourth-order valence-corrected chi connectivity index (χ4v) is 7.52. The van der Waals surface area contributed by atoms with Crippen LogP contribution in [0.2, 0.25) is 0 Å². The van der Waals surface area contributed by atoms with Crippen molar-refractivity contribution in [2.75, 3.05) is 0 Å². The van der Waals surface area contributed by atoms with Crippen molar-refractivity contribution in [1.82, 2.24) is 0 Å². The summed E-state index contributed by atoms with van der Waals surface area (Å²) >= 11 is 0. The first kappa shape index (κ1) is 17.8. The Hall–Kier alpha value is -0.570. The van der Waals surface area contributed by atoms with Gasteiger partial charge in [0.05, 0.1) is 6.10 Å². The second-order valence-electron chi connectivity index (χ2n) is 11.0. The van der Waals surface area contributed by atoms with Crippen LogP contribution >= 0.6 is 0 Å². The number of hydrogen-bond acceptors (Lipinski definition) is 3. The normalized spacial score (nSPS) is 56.8. The molecular weight excluding hydrogens is 312 g/mol. The molecule has 4 fully saturated rings. The van der Waals surface area contributed by atoms with Gasteiger partial charge in [0.25, 0.3) is 0 Å². The fraction of sp³-hybridized carbons (Fsp3) is 0.955. The van der Waals surface area contributed by atoms with Gasteiger partial charge in [-0.2, -0.15) is 0 Å². The Morgan fingerprint density at radius 3 is 2.36 bits per heavy atom. The number of aliphatic hydroxyl groups is 1. The van der Waals surface area contributed by atoms with E-state index in [0.717, 1.165) is 25.2 Å². The van der Waals surface area contributed by atoms with Gasteiger partial charge in [0, 0.05) is 12.3 Å². The van der Waals surface area contributed by atoms with Gasteiger partial charge in [-0.3, -0.25) is 4.79 Å². The van der Waals surface area contributed by atoms with Crippen LogP contribution in [0.5, 0.6) is 0 Å². The predicted molar refractivity (Wildman–Crippen MR) is 97.8 cm³/mol. The van der Waals surface area contributed by atoms with E-state index in [1.165, 1.54) is 12.8 Å². The van der Waals surface area contributed by atoms with Crippen molar-refractivity contribution < 1.29 is 14.6 Å². The summed E-state index contributed by atoms with van der Waals surface area (Å²) in [5, 5.41) is 11.5. The summed E-state index contributed by atoms with van der Waals surface area (Å²) in [4.78, 5) is 11.7. The maximum atomic E-state index is 11.7. The highest BCUT2D eigenvalue weighted by atomic mass is 16.5. The monoisotopic (exact) mass is 348 g/mol. The lowest BCUT2D eigenvalue weighted by atomic mass is 9.46. The molecule has 0 spiro atoms. The number of carbonyl (C=O) groups is 1. The van der Waals surface area contributed by atoms with Gasteiger partial charge < -0.3 is 9.84 Å². The quantitative estimate of drug-likeness (QED) is 0.751. The zero-order valence-corrected chi connectivity index (χ0v) is 16.8. The first-order chi connectivity index (χ1) is 11.5. The highest BCUT2D eigenvalue weighted by Crippen LogP contribution is 2.74. The maximum absolute atomic E-state index is 11.7. The molecule has 0 bridgehead atoms. The number of hydrogen-bond donors (Lipinski definition) is 1. The minimum atomic E-state index is -0.196. The number of rotatable bonds is 2. The summed E-state index contributed by atoms with van der Waals surface area (Å²) < 4.78 is 5.85. The average molecular weight is 349 g/mol. The molecule has 4 saturated carbocycles. The van der Waals surface area contributed by atoms with E-state index >= 15 is 0 Å². The molecule has 0 unspecified atom stereocenters. The van der Waals surface area contributed by atoms with E-state index in [1.807, 2.05) is 0 Å². The summed E-state index contributed by atoms with van der Waals surface area (Å²) in [5.74, 6) is 2.47. The van der Waals surface area contributed by atoms with E-state index in [4.69, 9.17) is 4.74 Å². The topological polar surface area (TPSA) is 46.5 Å². The Morgan fingerprint density at radius 2 is 1.76 bits per heavy atom. The minimum Gasteiger partial charge on any atom is -0.462 e. The molecule has 3 heteroatoms. The fourth-order valence-electron chi connectivity index (χ4n) is 7.52. The lowest BCUT2D eigenvalue weighted by molar-refractivity contribution is -0.175. The smallest absolute Gasteiger partial charge is 0.302 e. The molecule has 0 amide bonds. The van der Waals surface area contributed by atoms with Gasteiger partial charge in [-0.25, -0.2) is 0 Å². The van der Waals surface area contributed by atoms with Crippen LogP contribution in [0, 0.1) is 45.8 Å². The van der Waals surface area contributed by atoms with Gasteiger partial charge >= 0.3 is 5.97 Å². The van der Waals surface area contributed by atoms with Gasteiger partial charge in [-0.15, -0.1) is 0 Å². The predicted octanol–water partition coefficient (Wildman–Crippen LogP) is 4.42. The molecule has 0 saturated heterocycles. The summed E-state index contributed by atoms with van der Waals surface area (Å²) in [6, 6.07) is 0. The van der Waals surface area contributed by atoms with Crippen molar-refractivity contribution in [1.29, 1.82) is 0 Å². The lowest BCUT2D eigenvalue weighted by Gasteiger charge is -2.59. The molecule has 1 N–H and O–H groups in total. The van der Waals surface area contributed by atoms with Crippen molar-refractivity contribution in [2.45, 2.75) is 85.9 Å². The number of fused-ring (bicyclic) bond motifs is 4.